The number of anilines is 1. The number of ether oxygens (including phenoxy) is 1. The van der Waals surface area contributed by atoms with E-state index >= 15 is 0 Å². The zero-order chi connectivity index (χ0) is 23.0. The monoisotopic (exact) mass is 470 g/mol. The number of halogens is 4. The van der Waals surface area contributed by atoms with Gasteiger partial charge in [-0.1, -0.05) is 30.3 Å². The van der Waals surface area contributed by atoms with Crippen LogP contribution in [0.5, 0.6) is 0 Å². The first kappa shape index (κ1) is 22.1. The predicted molar refractivity (Wildman–Crippen MR) is 109 cm³/mol. The Balaban J connectivity index is 1.84. The van der Waals surface area contributed by atoms with Gasteiger partial charge < -0.3 is 15.0 Å². The van der Waals surface area contributed by atoms with Gasteiger partial charge in [0.1, 0.15) is 5.52 Å². The number of alkyl halides is 3. The summed E-state index contributed by atoms with van der Waals surface area (Å²) in [6.45, 7) is 0.653. The highest BCUT2D eigenvalue weighted by molar-refractivity contribution is 6.28. The topological polar surface area (TPSA) is 94.3 Å². The molecule has 32 heavy (non-hydrogen) atoms. The summed E-state index contributed by atoms with van der Waals surface area (Å²) in [6, 6.07) is 9.15. The molecule has 1 atom stereocenters. The summed E-state index contributed by atoms with van der Waals surface area (Å²) in [5.74, 6) is -2.21. The van der Waals surface area contributed by atoms with Gasteiger partial charge in [0.05, 0.1) is 13.1 Å². The van der Waals surface area contributed by atoms with E-state index in [2.05, 4.69) is 15.3 Å². The Hall–Kier alpha value is -3.12. The summed E-state index contributed by atoms with van der Waals surface area (Å²) in [4.78, 5) is 34.2. The molecule has 1 aromatic carbocycles. The van der Waals surface area contributed by atoms with Crippen molar-refractivity contribution in [3.05, 3.63) is 51.7 Å². The van der Waals surface area contributed by atoms with E-state index < -0.39 is 24.1 Å². The lowest BCUT2D eigenvalue weighted by Crippen LogP contribution is -2.54. The number of rotatable bonds is 4. The molecule has 0 spiro atoms. The van der Waals surface area contributed by atoms with Crippen LogP contribution in [0.2, 0.25) is 5.28 Å². The first-order chi connectivity index (χ1) is 15.2. The minimum Gasteiger partial charge on any atom is -0.433 e. The zero-order valence-electron chi connectivity index (χ0n) is 16.8. The maximum Gasteiger partial charge on any atom is 0.491 e. The zero-order valence-corrected chi connectivity index (χ0v) is 17.5. The Kier molecular flexibility index (Phi) is 5.82. The normalized spacial score (nSPS) is 17.0. The Labute approximate surface area is 184 Å². The molecule has 13 heteroatoms. The van der Waals surface area contributed by atoms with E-state index in [9.17, 15) is 22.8 Å². The second-order valence-electron chi connectivity index (χ2n) is 7.16. The number of nitrogens with zero attached hydrogens (tertiary/aromatic N) is 5. The Morgan fingerprint density at radius 3 is 2.69 bits per heavy atom. The van der Waals surface area contributed by atoms with E-state index in [1.165, 1.54) is 21.1 Å². The van der Waals surface area contributed by atoms with Gasteiger partial charge >= 0.3 is 17.8 Å². The first-order valence-electron chi connectivity index (χ1n) is 9.58. The van der Waals surface area contributed by atoms with Crippen LogP contribution >= 0.6 is 11.6 Å². The molecule has 3 heterocycles. The number of imidazole rings is 1. The van der Waals surface area contributed by atoms with Gasteiger partial charge in [-0.05, 0) is 17.2 Å². The molecule has 1 unspecified atom stereocenters. The number of nitrogens with one attached hydrogen (secondary N) is 1. The summed E-state index contributed by atoms with van der Waals surface area (Å²) in [5, 5.41) is 2.69. The van der Waals surface area contributed by atoms with Gasteiger partial charge in [0.15, 0.2) is 17.7 Å². The number of carbonyl (C=O) groups is 1. The first-order valence-corrected chi connectivity index (χ1v) is 9.96. The van der Waals surface area contributed by atoms with Crippen LogP contribution in [0.1, 0.15) is 5.56 Å². The van der Waals surface area contributed by atoms with E-state index in [0.29, 0.717) is 6.54 Å². The molecule has 0 saturated carbocycles. The third-order valence-corrected chi connectivity index (χ3v) is 5.22. The van der Waals surface area contributed by atoms with Gasteiger partial charge in [-0.25, -0.2) is 9.59 Å². The van der Waals surface area contributed by atoms with Crippen LogP contribution in [0, 0.1) is 0 Å². The average molecular weight is 471 g/mol. The summed E-state index contributed by atoms with van der Waals surface area (Å²) in [6.07, 6.45) is -6.46. The van der Waals surface area contributed by atoms with Gasteiger partial charge in [0.2, 0.25) is 5.28 Å². The maximum absolute atomic E-state index is 13.0. The minimum absolute atomic E-state index is 0.0688. The molecule has 4 rings (SSSR count). The van der Waals surface area contributed by atoms with E-state index in [1.807, 2.05) is 30.3 Å². The fraction of sp³-hybridized carbons (Fsp3) is 0.368. The van der Waals surface area contributed by atoms with Crippen LogP contribution in [0.3, 0.4) is 0 Å². The van der Waals surface area contributed by atoms with Crippen molar-refractivity contribution in [1.29, 1.82) is 0 Å². The van der Waals surface area contributed by atoms with Crippen molar-refractivity contribution >= 4 is 34.6 Å². The van der Waals surface area contributed by atoms with Crippen LogP contribution in [0.4, 0.5) is 19.0 Å². The molecule has 1 N–H and O–H groups in total. The fourth-order valence-electron chi connectivity index (χ4n) is 3.58. The number of benzene rings is 1. The van der Waals surface area contributed by atoms with Crippen LogP contribution in [-0.4, -0.2) is 57.1 Å². The summed E-state index contributed by atoms with van der Waals surface area (Å²) in [5.41, 5.74) is 0.907. The van der Waals surface area contributed by atoms with Gasteiger partial charge in [-0.2, -0.15) is 23.1 Å². The molecule has 2 aromatic heterocycles. The minimum atomic E-state index is -5.15. The molecule has 0 bridgehead atoms. The van der Waals surface area contributed by atoms with E-state index in [-0.39, 0.29) is 41.9 Å². The molecule has 1 aliphatic rings. The van der Waals surface area contributed by atoms with Crippen molar-refractivity contribution in [2.75, 3.05) is 24.5 Å². The van der Waals surface area contributed by atoms with E-state index in [0.717, 1.165) is 5.56 Å². The lowest BCUT2D eigenvalue weighted by Gasteiger charge is -2.36. The standard InChI is InChI=1S/C19H18ClF3N6O3/c1-27-14-13(29(18(27)31)10-11-5-3-2-4-6-11)15(26-17(20)25-14)28-8-7-24-9-12(28)32-16(30)19(21,22)23/h2-6,12,24H,7-10H2,1H3. The van der Waals surface area contributed by atoms with Gasteiger partial charge in [-0.15, -0.1) is 0 Å². The highest BCUT2D eigenvalue weighted by atomic mass is 35.5. The Morgan fingerprint density at radius 2 is 2.00 bits per heavy atom. The number of carbonyl (C=O) groups excluding carboxylic acids is 1. The number of aryl methyl sites for hydroxylation is 1. The summed E-state index contributed by atoms with van der Waals surface area (Å²) < 4.78 is 45.8. The lowest BCUT2D eigenvalue weighted by atomic mass is 10.2. The van der Waals surface area contributed by atoms with Gasteiger partial charge in [-0.3, -0.25) is 9.13 Å². The van der Waals surface area contributed by atoms with Gasteiger partial charge in [0.25, 0.3) is 0 Å². The van der Waals surface area contributed by atoms with Crippen molar-refractivity contribution < 1.29 is 22.7 Å². The third-order valence-electron chi connectivity index (χ3n) is 5.05. The number of piperazine rings is 1. The molecule has 0 amide bonds. The average Bonchev–Trinajstić information content (AvgIpc) is 2.98. The van der Waals surface area contributed by atoms with E-state index in [4.69, 9.17) is 16.3 Å². The van der Waals surface area contributed by atoms with Crippen LogP contribution in [0.25, 0.3) is 11.2 Å². The third kappa shape index (κ3) is 4.15. The smallest absolute Gasteiger partial charge is 0.433 e. The highest BCUT2D eigenvalue weighted by Crippen LogP contribution is 2.29. The van der Waals surface area contributed by atoms with Crippen molar-refractivity contribution in [2.24, 2.45) is 7.05 Å². The molecule has 9 nitrogen and oxygen atoms in total. The highest BCUT2D eigenvalue weighted by Gasteiger charge is 2.44. The molecular weight excluding hydrogens is 453 g/mol. The summed E-state index contributed by atoms with van der Waals surface area (Å²) in [7, 11) is 1.51. The fourth-order valence-corrected chi connectivity index (χ4v) is 3.74. The molecular formula is C19H18ClF3N6O3. The number of fused-ring (bicyclic) bond motifs is 1. The summed E-state index contributed by atoms with van der Waals surface area (Å²) >= 11 is 6.09. The molecule has 3 aromatic rings. The van der Waals surface area contributed by atoms with Crippen LogP contribution < -0.4 is 15.9 Å². The second-order valence-corrected chi connectivity index (χ2v) is 7.50. The van der Waals surface area contributed by atoms with Crippen molar-refractivity contribution in [3.63, 3.8) is 0 Å². The number of hydrogen-bond donors (Lipinski definition) is 1. The number of hydrogen-bond acceptors (Lipinski definition) is 7. The Morgan fingerprint density at radius 1 is 1.28 bits per heavy atom. The SMILES string of the molecule is Cn1c(=O)n(Cc2ccccc2)c2c(N3CCNCC3OC(=O)C(F)(F)F)nc(Cl)nc21. The molecule has 0 aliphatic carbocycles. The molecule has 1 saturated heterocycles. The number of esters is 1. The molecule has 1 aliphatic heterocycles. The maximum atomic E-state index is 13.0. The second kappa shape index (κ2) is 8.43. The van der Waals surface area contributed by atoms with Crippen LogP contribution in [0.15, 0.2) is 35.1 Å². The number of aromatic nitrogens is 4. The van der Waals surface area contributed by atoms with Crippen LogP contribution in [-0.2, 0) is 23.1 Å². The predicted octanol–water partition coefficient (Wildman–Crippen LogP) is 1.67. The van der Waals surface area contributed by atoms with Crippen molar-refractivity contribution in [1.82, 2.24) is 24.4 Å². The van der Waals surface area contributed by atoms with Crippen molar-refractivity contribution in [2.45, 2.75) is 18.9 Å². The van der Waals surface area contributed by atoms with E-state index in [1.54, 1.807) is 0 Å². The Bertz CT molecular complexity index is 1210. The van der Waals surface area contributed by atoms with Gasteiger partial charge in [0, 0.05) is 20.1 Å². The molecule has 1 fully saturated rings. The quantitative estimate of drug-likeness (QED) is 0.458. The lowest BCUT2D eigenvalue weighted by molar-refractivity contribution is -0.205. The van der Waals surface area contributed by atoms with Crippen molar-refractivity contribution in [3.8, 4) is 0 Å². The molecule has 0 radical (unpaired) electrons. The molecule has 170 valence electrons. The largest absolute Gasteiger partial charge is 0.491 e.